The lowest BCUT2D eigenvalue weighted by atomic mass is 9.83. The maximum absolute atomic E-state index is 9.35. The highest BCUT2D eigenvalue weighted by molar-refractivity contribution is 5.70. The van der Waals surface area contributed by atoms with E-state index in [0.29, 0.717) is 0 Å². The van der Waals surface area contributed by atoms with Crippen LogP contribution in [0, 0.1) is 31.8 Å². The average molecular weight is 240 g/mol. The van der Waals surface area contributed by atoms with E-state index in [-0.39, 0.29) is 11.8 Å². The van der Waals surface area contributed by atoms with Crippen LogP contribution in [-0.4, -0.2) is 0 Å². The Morgan fingerprint density at radius 1 is 1.00 bits per heavy atom. The highest BCUT2D eigenvalue weighted by atomic mass is 14.7. The van der Waals surface area contributed by atoms with Gasteiger partial charge in [0.1, 0.15) is 0 Å². The van der Waals surface area contributed by atoms with Crippen molar-refractivity contribution in [2.24, 2.45) is 0 Å². The first-order chi connectivity index (χ1) is 8.36. The second kappa shape index (κ2) is 5.23. The van der Waals surface area contributed by atoms with Gasteiger partial charge < -0.3 is 0 Å². The van der Waals surface area contributed by atoms with Gasteiger partial charge in [-0.25, -0.2) is 4.85 Å². The third-order valence-corrected chi connectivity index (χ3v) is 3.45. The van der Waals surface area contributed by atoms with Gasteiger partial charge in [0.2, 0.25) is 0 Å². The number of nitriles is 1. The molecule has 0 aromatic heterocycles. The van der Waals surface area contributed by atoms with Crippen molar-refractivity contribution in [2.75, 3.05) is 0 Å². The molecule has 0 unspecified atom stereocenters. The van der Waals surface area contributed by atoms with Crippen LogP contribution in [0.25, 0.3) is 4.85 Å². The van der Waals surface area contributed by atoms with E-state index in [2.05, 4.69) is 38.6 Å². The Morgan fingerprint density at radius 3 is 1.61 bits per heavy atom. The molecule has 1 aromatic carbocycles. The zero-order valence-corrected chi connectivity index (χ0v) is 12.0. The van der Waals surface area contributed by atoms with Gasteiger partial charge in [-0.2, -0.15) is 5.26 Å². The zero-order chi connectivity index (χ0) is 14.0. The van der Waals surface area contributed by atoms with E-state index in [4.69, 9.17) is 6.57 Å². The molecule has 0 heterocycles. The monoisotopic (exact) mass is 240 g/mol. The molecule has 0 aliphatic rings. The normalized spacial score (nSPS) is 10.6. The largest absolute Gasteiger partial charge is 0.238 e. The molecular weight excluding hydrogens is 220 g/mol. The second-order valence-electron chi connectivity index (χ2n) is 5.33. The van der Waals surface area contributed by atoms with Crippen molar-refractivity contribution in [2.45, 2.75) is 53.4 Å². The summed E-state index contributed by atoms with van der Waals surface area (Å²) >= 11 is 0. The minimum absolute atomic E-state index is 0.263. The van der Waals surface area contributed by atoms with Crippen molar-refractivity contribution in [3.8, 4) is 6.07 Å². The van der Waals surface area contributed by atoms with E-state index in [0.717, 1.165) is 33.5 Å². The standard InChI is InChI=1S/C16H20N2/c1-9(2)14-11(5)13(8-17)12(6)15(10(3)4)16(14)18-7/h9-10H,1-6H3. The van der Waals surface area contributed by atoms with Crippen LogP contribution < -0.4 is 0 Å². The molecule has 1 rings (SSSR count). The van der Waals surface area contributed by atoms with Crippen molar-refractivity contribution in [3.05, 3.63) is 39.2 Å². The van der Waals surface area contributed by atoms with Crippen LogP contribution in [0.2, 0.25) is 0 Å². The van der Waals surface area contributed by atoms with Crippen molar-refractivity contribution in [1.29, 1.82) is 5.26 Å². The van der Waals surface area contributed by atoms with Gasteiger partial charge in [0.15, 0.2) is 5.69 Å². The Hall–Kier alpha value is -1.80. The minimum atomic E-state index is 0.263. The van der Waals surface area contributed by atoms with E-state index >= 15 is 0 Å². The summed E-state index contributed by atoms with van der Waals surface area (Å²) in [6, 6.07) is 2.30. The topological polar surface area (TPSA) is 28.1 Å². The summed E-state index contributed by atoms with van der Waals surface area (Å²) in [7, 11) is 0. The van der Waals surface area contributed by atoms with Crippen molar-refractivity contribution in [3.63, 3.8) is 0 Å². The van der Waals surface area contributed by atoms with Crippen molar-refractivity contribution in [1.82, 2.24) is 0 Å². The molecule has 0 bridgehead atoms. The third-order valence-electron chi connectivity index (χ3n) is 3.45. The molecule has 2 heteroatoms. The molecule has 1 aromatic rings. The van der Waals surface area contributed by atoms with Crippen LogP contribution in [0.5, 0.6) is 0 Å². The van der Waals surface area contributed by atoms with Gasteiger partial charge in [0.05, 0.1) is 18.2 Å². The number of rotatable bonds is 2. The zero-order valence-electron chi connectivity index (χ0n) is 12.0. The summed E-state index contributed by atoms with van der Waals surface area (Å²) in [5, 5.41) is 9.35. The van der Waals surface area contributed by atoms with Crippen LogP contribution >= 0.6 is 0 Å². The Labute approximate surface area is 110 Å². The van der Waals surface area contributed by atoms with Gasteiger partial charge in [-0.15, -0.1) is 0 Å². The summed E-state index contributed by atoms with van der Waals surface area (Å²) in [4.78, 5) is 3.75. The predicted octanol–water partition coefficient (Wildman–Crippen LogP) is 4.97. The number of hydrogen-bond acceptors (Lipinski definition) is 1. The molecule has 0 aliphatic carbocycles. The Kier molecular flexibility index (Phi) is 4.15. The fraction of sp³-hybridized carbons (Fsp3) is 0.500. The van der Waals surface area contributed by atoms with Gasteiger partial charge in [-0.3, -0.25) is 0 Å². The minimum Gasteiger partial charge on any atom is -0.238 e. The van der Waals surface area contributed by atoms with Crippen LogP contribution in [-0.2, 0) is 0 Å². The van der Waals surface area contributed by atoms with Crippen LogP contribution in [0.1, 0.15) is 67.3 Å². The second-order valence-corrected chi connectivity index (χ2v) is 5.33. The van der Waals surface area contributed by atoms with Crippen LogP contribution in [0.3, 0.4) is 0 Å². The highest BCUT2D eigenvalue weighted by Crippen LogP contribution is 2.41. The summed E-state index contributed by atoms with van der Waals surface area (Å²) in [6.45, 7) is 19.7. The Morgan fingerprint density at radius 2 is 1.39 bits per heavy atom. The smallest absolute Gasteiger partial charge is 0.194 e. The number of nitrogens with zero attached hydrogens (tertiary/aromatic N) is 2. The number of benzene rings is 1. The Bertz CT molecular complexity index is 517. The molecular formula is C16H20N2. The van der Waals surface area contributed by atoms with Crippen molar-refractivity contribution >= 4 is 5.69 Å². The summed E-state index contributed by atoms with van der Waals surface area (Å²) in [6.07, 6.45) is 0. The molecule has 18 heavy (non-hydrogen) atoms. The molecule has 0 saturated carbocycles. The van der Waals surface area contributed by atoms with Gasteiger partial charge >= 0.3 is 0 Å². The third kappa shape index (κ3) is 2.12. The van der Waals surface area contributed by atoms with Crippen LogP contribution in [0.4, 0.5) is 5.69 Å². The average Bonchev–Trinajstić information content (AvgIpc) is 2.27. The van der Waals surface area contributed by atoms with E-state index in [1.807, 2.05) is 13.8 Å². The van der Waals surface area contributed by atoms with Crippen molar-refractivity contribution < 1.29 is 0 Å². The molecule has 0 fully saturated rings. The van der Waals surface area contributed by atoms with Crippen LogP contribution in [0.15, 0.2) is 0 Å². The first kappa shape index (κ1) is 14.3. The Balaban J connectivity index is 3.91. The molecule has 0 aliphatic heterocycles. The fourth-order valence-electron chi connectivity index (χ4n) is 2.75. The maximum Gasteiger partial charge on any atom is 0.194 e. The molecule has 2 nitrogen and oxygen atoms in total. The SMILES string of the molecule is [C-]#[N+]c1c(C(C)C)c(C)c(C#N)c(C)c1C(C)C. The van der Waals surface area contributed by atoms with Gasteiger partial charge in [-0.1, -0.05) is 27.7 Å². The highest BCUT2D eigenvalue weighted by Gasteiger charge is 2.22. The molecule has 0 saturated heterocycles. The van der Waals surface area contributed by atoms with E-state index in [1.165, 1.54) is 0 Å². The molecule has 94 valence electrons. The molecule has 0 atom stereocenters. The predicted molar refractivity (Wildman–Crippen MR) is 75.1 cm³/mol. The molecule has 0 amide bonds. The summed E-state index contributed by atoms with van der Waals surface area (Å²) in [5.74, 6) is 0.526. The summed E-state index contributed by atoms with van der Waals surface area (Å²) < 4.78 is 0. The molecule has 0 radical (unpaired) electrons. The lowest BCUT2D eigenvalue weighted by molar-refractivity contribution is 0.826. The van der Waals surface area contributed by atoms with Gasteiger partial charge in [0, 0.05) is 0 Å². The van der Waals surface area contributed by atoms with E-state index < -0.39 is 0 Å². The number of hydrogen-bond donors (Lipinski definition) is 0. The molecule has 0 spiro atoms. The lowest BCUT2D eigenvalue weighted by Gasteiger charge is -2.22. The lowest BCUT2D eigenvalue weighted by Crippen LogP contribution is -2.05. The first-order valence-corrected chi connectivity index (χ1v) is 6.31. The van der Waals surface area contributed by atoms with E-state index in [9.17, 15) is 5.26 Å². The quantitative estimate of drug-likeness (QED) is 0.670. The maximum atomic E-state index is 9.35. The fourth-order valence-corrected chi connectivity index (χ4v) is 2.75. The van der Waals surface area contributed by atoms with Gasteiger partial charge in [0.25, 0.3) is 0 Å². The first-order valence-electron chi connectivity index (χ1n) is 6.31. The molecule has 0 N–H and O–H groups in total. The summed E-state index contributed by atoms with van der Waals surface area (Å²) in [5.41, 5.74) is 5.52. The van der Waals surface area contributed by atoms with Gasteiger partial charge in [-0.05, 0) is 47.9 Å². The van der Waals surface area contributed by atoms with E-state index in [1.54, 1.807) is 0 Å².